The van der Waals surface area contributed by atoms with Crippen molar-refractivity contribution >= 4 is 11.0 Å². The Balaban J connectivity index is 1.90. The van der Waals surface area contributed by atoms with E-state index in [1.54, 1.807) is 0 Å². The highest BCUT2D eigenvalue weighted by Crippen LogP contribution is 2.16. The number of halogens is 1. The number of benzene rings is 2. The summed E-state index contributed by atoms with van der Waals surface area (Å²) in [4.78, 5) is 29.0. The van der Waals surface area contributed by atoms with Gasteiger partial charge in [-0.1, -0.05) is 24.3 Å². The van der Waals surface area contributed by atoms with E-state index in [0.29, 0.717) is 29.0 Å². The molecule has 2 heterocycles. The second-order valence-corrected chi connectivity index (χ2v) is 6.64. The summed E-state index contributed by atoms with van der Waals surface area (Å²) in [5.74, 6) is -0.393. The molecule has 0 fully saturated rings. The first kappa shape index (κ1) is 17.0. The summed E-state index contributed by atoms with van der Waals surface area (Å²) in [7, 11) is 0. The van der Waals surface area contributed by atoms with Crippen molar-refractivity contribution in [3.05, 3.63) is 97.3 Å². The van der Waals surface area contributed by atoms with Crippen LogP contribution in [0.5, 0.6) is 0 Å². The fourth-order valence-corrected chi connectivity index (χ4v) is 3.31. The minimum atomic E-state index is -0.455. The van der Waals surface area contributed by atoms with Crippen LogP contribution in [0.25, 0.3) is 16.7 Å². The van der Waals surface area contributed by atoms with E-state index >= 15 is 0 Å². The number of rotatable bonds is 3. The molecule has 4 aromatic rings. The van der Waals surface area contributed by atoms with Crippen molar-refractivity contribution < 1.29 is 4.39 Å². The van der Waals surface area contributed by atoms with Gasteiger partial charge in [0, 0.05) is 17.7 Å². The van der Waals surface area contributed by atoms with Gasteiger partial charge in [0.1, 0.15) is 16.9 Å². The van der Waals surface area contributed by atoms with Crippen LogP contribution in [0, 0.1) is 19.7 Å². The normalized spacial score (nSPS) is 11.2. The zero-order valence-corrected chi connectivity index (χ0v) is 15.0. The Hall–Kier alpha value is -3.41. The Labute approximate surface area is 154 Å². The highest BCUT2D eigenvalue weighted by molar-refractivity contribution is 5.75. The van der Waals surface area contributed by atoms with Gasteiger partial charge >= 0.3 is 0 Å². The highest BCUT2D eigenvalue weighted by Gasteiger charge is 2.17. The maximum absolute atomic E-state index is 13.2. The van der Waals surface area contributed by atoms with Crippen LogP contribution < -0.4 is 11.0 Å². The monoisotopic (exact) mass is 363 g/mol. The lowest BCUT2D eigenvalue weighted by atomic mass is 9.99. The molecule has 6 heteroatoms. The quantitative estimate of drug-likeness (QED) is 0.586. The van der Waals surface area contributed by atoms with E-state index in [0.717, 1.165) is 11.1 Å². The number of hydrogen-bond donors (Lipinski definition) is 2. The molecule has 136 valence electrons. The molecule has 0 aliphatic heterocycles. The molecule has 27 heavy (non-hydrogen) atoms. The van der Waals surface area contributed by atoms with Crippen molar-refractivity contribution in [1.82, 2.24) is 14.8 Å². The number of H-pyrrole nitrogens is 2. The molecule has 0 spiro atoms. The van der Waals surface area contributed by atoms with Gasteiger partial charge in [0.05, 0.1) is 5.69 Å². The molecular formula is C21H18FN3O2. The number of aryl methyl sites for hydroxylation is 2. The summed E-state index contributed by atoms with van der Waals surface area (Å²) in [5.41, 5.74) is 3.50. The molecule has 0 saturated heterocycles. The second-order valence-electron chi connectivity index (χ2n) is 6.64. The minimum absolute atomic E-state index is 0.0773. The molecule has 0 unspecified atom stereocenters. The molecule has 0 radical (unpaired) electrons. The molecule has 0 amide bonds. The smallest absolute Gasteiger partial charge is 0.284 e. The van der Waals surface area contributed by atoms with E-state index in [4.69, 9.17) is 0 Å². The van der Waals surface area contributed by atoms with Gasteiger partial charge in [0.2, 0.25) is 0 Å². The SMILES string of the molecule is Cc1ccccc1Cc1c(C)[nH]c2[nH]n(-c3ccc(F)cc3)c(=O)c2c1=O. The zero-order chi connectivity index (χ0) is 19.1. The van der Waals surface area contributed by atoms with Gasteiger partial charge in [-0.05, 0) is 49.2 Å². The van der Waals surface area contributed by atoms with Gasteiger partial charge < -0.3 is 4.98 Å². The first-order valence-electron chi connectivity index (χ1n) is 8.62. The predicted octanol–water partition coefficient (Wildman–Crippen LogP) is 3.35. The van der Waals surface area contributed by atoms with E-state index in [1.165, 1.54) is 28.9 Å². The molecule has 0 atom stereocenters. The number of pyridine rings is 1. The van der Waals surface area contributed by atoms with Crippen molar-refractivity contribution in [1.29, 1.82) is 0 Å². The van der Waals surface area contributed by atoms with Gasteiger partial charge in [-0.15, -0.1) is 0 Å². The summed E-state index contributed by atoms with van der Waals surface area (Å²) < 4.78 is 14.4. The molecule has 4 rings (SSSR count). The molecule has 5 nitrogen and oxygen atoms in total. The third kappa shape index (κ3) is 2.89. The van der Waals surface area contributed by atoms with Gasteiger partial charge in [-0.3, -0.25) is 14.7 Å². The van der Waals surface area contributed by atoms with E-state index in [9.17, 15) is 14.0 Å². The van der Waals surface area contributed by atoms with Gasteiger partial charge in [-0.2, -0.15) is 0 Å². The average Bonchev–Trinajstić information content (AvgIpc) is 2.97. The van der Waals surface area contributed by atoms with Crippen LogP contribution in [0.15, 0.2) is 58.1 Å². The number of nitrogens with zero attached hydrogens (tertiary/aromatic N) is 1. The maximum Gasteiger partial charge on any atom is 0.284 e. The van der Waals surface area contributed by atoms with E-state index in [-0.39, 0.29) is 10.8 Å². The summed E-state index contributed by atoms with van der Waals surface area (Å²) in [5, 5.41) is 2.99. The van der Waals surface area contributed by atoms with Crippen molar-refractivity contribution in [3.8, 4) is 5.69 Å². The van der Waals surface area contributed by atoms with Crippen LogP contribution in [0.1, 0.15) is 22.4 Å². The molecule has 2 aromatic carbocycles. The number of hydrogen-bond acceptors (Lipinski definition) is 2. The molecular weight excluding hydrogens is 345 g/mol. The van der Waals surface area contributed by atoms with Gasteiger partial charge in [-0.25, -0.2) is 9.07 Å². The fraction of sp³-hybridized carbons (Fsp3) is 0.143. The molecule has 2 aromatic heterocycles. The summed E-state index contributed by atoms with van der Waals surface area (Å²) in [6.07, 6.45) is 0.449. The third-order valence-electron chi connectivity index (χ3n) is 4.87. The van der Waals surface area contributed by atoms with Crippen molar-refractivity contribution in [2.24, 2.45) is 0 Å². The molecule has 0 saturated carbocycles. The zero-order valence-electron chi connectivity index (χ0n) is 15.0. The van der Waals surface area contributed by atoms with Crippen molar-refractivity contribution in [3.63, 3.8) is 0 Å². The molecule has 0 aliphatic rings. The maximum atomic E-state index is 13.2. The van der Waals surface area contributed by atoms with Crippen LogP contribution in [0.3, 0.4) is 0 Å². The van der Waals surface area contributed by atoms with Crippen LogP contribution in [0.2, 0.25) is 0 Å². The Kier molecular flexibility index (Phi) is 4.03. The fourth-order valence-electron chi connectivity index (χ4n) is 3.31. The standard InChI is InChI=1S/C21H18FN3O2/c1-12-5-3-4-6-14(12)11-17-13(2)23-20-18(19(17)26)21(27)25(24-20)16-9-7-15(22)8-10-16/h3-10H,11H2,1-2H3,(H2,23,24,26). The molecule has 0 aliphatic carbocycles. The number of fused-ring (bicyclic) bond motifs is 1. The van der Waals surface area contributed by atoms with Crippen molar-refractivity contribution in [2.75, 3.05) is 0 Å². The third-order valence-corrected chi connectivity index (χ3v) is 4.87. The van der Waals surface area contributed by atoms with E-state index in [1.807, 2.05) is 38.1 Å². The number of nitrogens with one attached hydrogen (secondary N) is 2. The summed E-state index contributed by atoms with van der Waals surface area (Å²) >= 11 is 0. The largest absolute Gasteiger partial charge is 0.343 e. The van der Waals surface area contributed by atoms with Gasteiger partial charge in [0.25, 0.3) is 5.56 Å². The lowest BCUT2D eigenvalue weighted by molar-refractivity contribution is 0.627. The van der Waals surface area contributed by atoms with Crippen LogP contribution in [0.4, 0.5) is 4.39 Å². The summed E-state index contributed by atoms with van der Waals surface area (Å²) in [6, 6.07) is 13.4. The molecule has 2 N–H and O–H groups in total. The summed E-state index contributed by atoms with van der Waals surface area (Å²) in [6.45, 7) is 3.82. The number of aromatic nitrogens is 3. The lowest BCUT2D eigenvalue weighted by Crippen LogP contribution is -2.21. The van der Waals surface area contributed by atoms with E-state index in [2.05, 4.69) is 10.1 Å². The highest BCUT2D eigenvalue weighted by atomic mass is 19.1. The van der Waals surface area contributed by atoms with Crippen LogP contribution >= 0.6 is 0 Å². The average molecular weight is 363 g/mol. The second kappa shape index (κ2) is 6.39. The topological polar surface area (TPSA) is 70.7 Å². The Morgan fingerprint density at radius 1 is 1.00 bits per heavy atom. The Morgan fingerprint density at radius 2 is 1.70 bits per heavy atom. The lowest BCUT2D eigenvalue weighted by Gasteiger charge is -2.08. The minimum Gasteiger partial charge on any atom is -0.343 e. The number of aromatic amines is 2. The Bertz CT molecular complexity index is 1260. The Morgan fingerprint density at radius 3 is 2.41 bits per heavy atom. The molecule has 0 bridgehead atoms. The van der Waals surface area contributed by atoms with Crippen LogP contribution in [-0.4, -0.2) is 14.8 Å². The van der Waals surface area contributed by atoms with Crippen LogP contribution in [-0.2, 0) is 6.42 Å². The van der Waals surface area contributed by atoms with Gasteiger partial charge in [0.15, 0.2) is 5.43 Å². The van der Waals surface area contributed by atoms with Crippen molar-refractivity contribution in [2.45, 2.75) is 20.3 Å². The first-order valence-corrected chi connectivity index (χ1v) is 8.62. The van der Waals surface area contributed by atoms with E-state index < -0.39 is 11.4 Å². The predicted molar refractivity (Wildman–Crippen MR) is 103 cm³/mol. The first-order chi connectivity index (χ1) is 13.0.